The summed E-state index contributed by atoms with van der Waals surface area (Å²) in [6, 6.07) is 17.5. The Morgan fingerprint density at radius 2 is 1.81 bits per heavy atom. The molecule has 0 saturated heterocycles. The fraction of sp³-hybridized carbons (Fsp3) is 0.231. The number of aryl methyl sites for hydroxylation is 2. The normalized spacial score (nSPS) is 13.2. The van der Waals surface area contributed by atoms with Gasteiger partial charge in [0.2, 0.25) is 5.91 Å². The van der Waals surface area contributed by atoms with Gasteiger partial charge in [-0.15, -0.1) is 21.5 Å². The van der Waals surface area contributed by atoms with Crippen LogP contribution in [0.1, 0.15) is 28.8 Å². The van der Waals surface area contributed by atoms with E-state index in [2.05, 4.69) is 39.8 Å². The van der Waals surface area contributed by atoms with Crippen LogP contribution in [0.5, 0.6) is 0 Å². The number of hydrogen-bond donors (Lipinski definition) is 1. The number of carbonyl (C=O) groups is 1. The summed E-state index contributed by atoms with van der Waals surface area (Å²) in [7, 11) is 0. The molecule has 1 aliphatic rings. The number of anilines is 1. The molecule has 3 heterocycles. The van der Waals surface area contributed by atoms with Crippen LogP contribution in [0.4, 0.5) is 5.69 Å². The molecule has 36 heavy (non-hydrogen) atoms. The van der Waals surface area contributed by atoms with E-state index in [4.69, 9.17) is 16.6 Å². The number of halogens is 1. The van der Waals surface area contributed by atoms with Gasteiger partial charge in [0.1, 0.15) is 4.83 Å². The summed E-state index contributed by atoms with van der Waals surface area (Å²) in [6.45, 7) is 0. The van der Waals surface area contributed by atoms with E-state index in [-0.39, 0.29) is 11.7 Å². The van der Waals surface area contributed by atoms with Crippen LogP contribution in [0.25, 0.3) is 15.9 Å². The number of aromatic nitrogens is 4. The first-order valence-electron chi connectivity index (χ1n) is 11.7. The Hall–Kier alpha value is -2.59. The molecule has 0 unspecified atom stereocenters. The molecule has 1 amide bonds. The number of hydrogen-bond acceptors (Lipinski definition) is 7. The highest BCUT2D eigenvalue weighted by Gasteiger charge is 2.24. The van der Waals surface area contributed by atoms with E-state index in [0.29, 0.717) is 15.9 Å². The lowest BCUT2D eigenvalue weighted by atomic mass is 9.97. The summed E-state index contributed by atoms with van der Waals surface area (Å²) in [5, 5.41) is 15.3. The van der Waals surface area contributed by atoms with Gasteiger partial charge in [0, 0.05) is 21.3 Å². The third kappa shape index (κ3) is 4.85. The highest BCUT2D eigenvalue weighted by atomic mass is 35.5. The summed E-state index contributed by atoms with van der Waals surface area (Å²) < 4.78 is 2.04. The van der Waals surface area contributed by atoms with E-state index in [0.717, 1.165) is 39.6 Å². The first-order valence-corrected chi connectivity index (χ1v) is 14.9. The third-order valence-corrected chi connectivity index (χ3v) is 9.45. The Balaban J connectivity index is 1.33. The number of benzene rings is 2. The zero-order valence-electron chi connectivity index (χ0n) is 19.2. The van der Waals surface area contributed by atoms with Gasteiger partial charge in [-0.25, -0.2) is 9.38 Å². The second kappa shape index (κ2) is 10.4. The maximum absolute atomic E-state index is 12.6. The minimum absolute atomic E-state index is 0.112. The van der Waals surface area contributed by atoms with E-state index < -0.39 is 0 Å². The fourth-order valence-corrected chi connectivity index (χ4v) is 7.55. The largest absolute Gasteiger partial charge is 0.325 e. The van der Waals surface area contributed by atoms with Gasteiger partial charge >= 0.3 is 0 Å². The van der Waals surface area contributed by atoms with Gasteiger partial charge in [-0.2, -0.15) is 0 Å². The van der Waals surface area contributed by atoms with Gasteiger partial charge in [0.05, 0.1) is 11.1 Å². The van der Waals surface area contributed by atoms with Crippen molar-refractivity contribution < 1.29 is 4.79 Å². The van der Waals surface area contributed by atoms with Gasteiger partial charge in [-0.3, -0.25) is 4.79 Å². The van der Waals surface area contributed by atoms with Crippen molar-refractivity contribution >= 4 is 73.9 Å². The van der Waals surface area contributed by atoms with E-state index in [1.807, 2.05) is 10.5 Å². The van der Waals surface area contributed by atoms with Crippen molar-refractivity contribution in [3.8, 4) is 0 Å². The molecule has 1 aliphatic carbocycles. The number of thioether (sulfide) groups is 2. The summed E-state index contributed by atoms with van der Waals surface area (Å²) in [5.74, 6) is 0.893. The number of thiophene rings is 1. The average molecular weight is 552 g/mol. The summed E-state index contributed by atoms with van der Waals surface area (Å²) in [5.41, 5.74) is 4.16. The quantitative estimate of drug-likeness (QED) is 0.175. The minimum atomic E-state index is -0.112. The lowest BCUT2D eigenvalue weighted by Crippen LogP contribution is -2.14. The molecule has 3 aromatic heterocycles. The fourth-order valence-electron chi connectivity index (χ4n) is 4.37. The van der Waals surface area contributed by atoms with Gasteiger partial charge in [0.15, 0.2) is 16.0 Å². The van der Waals surface area contributed by atoms with Crippen LogP contribution in [-0.2, 0) is 23.4 Å². The van der Waals surface area contributed by atoms with Crippen molar-refractivity contribution in [3.05, 3.63) is 75.6 Å². The molecule has 0 radical (unpaired) electrons. The van der Waals surface area contributed by atoms with Gasteiger partial charge in [-0.05, 0) is 61.1 Å². The van der Waals surface area contributed by atoms with Crippen LogP contribution >= 0.6 is 46.5 Å². The Labute approximate surface area is 225 Å². The van der Waals surface area contributed by atoms with Crippen molar-refractivity contribution in [2.75, 3.05) is 11.1 Å². The van der Waals surface area contributed by atoms with Crippen molar-refractivity contribution in [3.63, 3.8) is 0 Å². The molecule has 10 heteroatoms. The molecule has 6 nitrogen and oxygen atoms in total. The molecule has 0 aliphatic heterocycles. The SMILES string of the molecule is O=C(CSc1nnc2c3c4c(sc3nc(SCc3ccccc3)n12)CCCC4)Nc1ccc(Cl)cc1. The number of fused-ring (bicyclic) bond motifs is 5. The summed E-state index contributed by atoms with van der Waals surface area (Å²) >= 11 is 10.8. The zero-order valence-corrected chi connectivity index (χ0v) is 22.4. The third-order valence-electron chi connectivity index (χ3n) is 6.07. The molecule has 0 atom stereocenters. The van der Waals surface area contributed by atoms with Gasteiger partial charge in [0.25, 0.3) is 0 Å². The Morgan fingerprint density at radius 1 is 1.00 bits per heavy atom. The second-order valence-electron chi connectivity index (χ2n) is 8.55. The van der Waals surface area contributed by atoms with Crippen LogP contribution in [0, 0.1) is 0 Å². The van der Waals surface area contributed by atoms with Gasteiger partial charge in [-0.1, -0.05) is 65.5 Å². The van der Waals surface area contributed by atoms with E-state index in [1.165, 1.54) is 40.6 Å². The molecule has 6 rings (SSSR count). The Kier molecular flexibility index (Phi) is 6.88. The van der Waals surface area contributed by atoms with Crippen molar-refractivity contribution in [2.24, 2.45) is 0 Å². The first-order chi connectivity index (χ1) is 17.7. The monoisotopic (exact) mass is 551 g/mol. The highest BCUT2D eigenvalue weighted by Crippen LogP contribution is 2.40. The van der Waals surface area contributed by atoms with Crippen molar-refractivity contribution in [1.29, 1.82) is 0 Å². The zero-order chi connectivity index (χ0) is 24.5. The Morgan fingerprint density at radius 3 is 2.64 bits per heavy atom. The van der Waals surface area contributed by atoms with E-state index in [9.17, 15) is 4.79 Å². The Bertz CT molecular complexity index is 1550. The van der Waals surface area contributed by atoms with Gasteiger partial charge < -0.3 is 5.32 Å². The second-order valence-corrected chi connectivity index (χ2v) is 12.0. The predicted molar refractivity (Wildman–Crippen MR) is 150 cm³/mol. The predicted octanol–water partition coefficient (Wildman–Crippen LogP) is 6.89. The van der Waals surface area contributed by atoms with Crippen molar-refractivity contribution in [2.45, 2.75) is 41.7 Å². The maximum Gasteiger partial charge on any atom is 0.234 e. The topological polar surface area (TPSA) is 72.2 Å². The van der Waals surface area contributed by atoms with Crippen LogP contribution in [0.15, 0.2) is 64.9 Å². The molecule has 2 aromatic carbocycles. The van der Waals surface area contributed by atoms with Crippen LogP contribution < -0.4 is 5.32 Å². The molecule has 0 bridgehead atoms. The molecule has 0 saturated carbocycles. The highest BCUT2D eigenvalue weighted by molar-refractivity contribution is 8.00. The smallest absolute Gasteiger partial charge is 0.234 e. The van der Waals surface area contributed by atoms with Crippen LogP contribution in [0.2, 0.25) is 5.02 Å². The lowest BCUT2D eigenvalue weighted by molar-refractivity contribution is -0.113. The van der Waals surface area contributed by atoms with Crippen LogP contribution in [-0.4, -0.2) is 31.2 Å². The molecule has 0 spiro atoms. The van der Waals surface area contributed by atoms with Crippen LogP contribution in [0.3, 0.4) is 0 Å². The minimum Gasteiger partial charge on any atom is -0.325 e. The first kappa shape index (κ1) is 23.8. The molecule has 1 N–H and O–H groups in total. The number of nitrogens with one attached hydrogen (secondary N) is 1. The van der Waals surface area contributed by atoms with E-state index >= 15 is 0 Å². The summed E-state index contributed by atoms with van der Waals surface area (Å²) in [6.07, 6.45) is 4.58. The number of carbonyl (C=O) groups excluding carboxylic acids is 1. The standard InChI is InChI=1S/C26H22ClN5OS3/c27-17-10-12-18(13-11-17)28-21(33)15-35-26-31-30-23-22-19-8-4-5-9-20(19)36-24(22)29-25(32(23)26)34-14-16-6-2-1-3-7-16/h1-3,6-7,10-13H,4-5,8-9,14-15H2,(H,28,33). The number of nitrogens with zero attached hydrogens (tertiary/aromatic N) is 4. The molecular weight excluding hydrogens is 530 g/mol. The number of amides is 1. The molecular formula is C26H22ClN5OS3. The lowest BCUT2D eigenvalue weighted by Gasteiger charge is -2.11. The maximum atomic E-state index is 12.6. The summed E-state index contributed by atoms with van der Waals surface area (Å²) in [4.78, 5) is 20.2. The number of rotatable bonds is 7. The molecule has 5 aromatic rings. The van der Waals surface area contributed by atoms with Crippen molar-refractivity contribution in [1.82, 2.24) is 19.6 Å². The molecule has 182 valence electrons. The van der Waals surface area contributed by atoms with E-state index in [1.54, 1.807) is 47.4 Å². The average Bonchev–Trinajstić information content (AvgIpc) is 3.49. The molecule has 0 fully saturated rings.